The van der Waals surface area contributed by atoms with Crippen molar-refractivity contribution in [3.63, 3.8) is 0 Å². The van der Waals surface area contributed by atoms with E-state index in [0.717, 1.165) is 25.3 Å². The van der Waals surface area contributed by atoms with Crippen molar-refractivity contribution in [3.05, 3.63) is 18.0 Å². The summed E-state index contributed by atoms with van der Waals surface area (Å²) in [5.74, 6) is 0. The number of unbranched alkanes of at least 4 members (excludes halogenated alkanes) is 4. The van der Waals surface area contributed by atoms with Crippen LogP contribution in [0.15, 0.2) is 12.3 Å². The lowest BCUT2D eigenvalue weighted by molar-refractivity contribution is 0.527. The maximum absolute atomic E-state index is 4.52. The zero-order valence-electron chi connectivity index (χ0n) is 10.7. The first-order valence-corrected chi connectivity index (χ1v) is 6.59. The van der Waals surface area contributed by atoms with E-state index in [1.165, 1.54) is 32.1 Å². The van der Waals surface area contributed by atoms with Crippen molar-refractivity contribution >= 4 is 0 Å². The van der Waals surface area contributed by atoms with E-state index >= 15 is 0 Å². The van der Waals surface area contributed by atoms with Crippen LogP contribution in [0.1, 0.15) is 51.6 Å². The molecule has 0 radical (unpaired) electrons. The molecule has 0 aliphatic rings. The van der Waals surface area contributed by atoms with E-state index in [-0.39, 0.29) is 0 Å². The highest BCUT2D eigenvalue weighted by atomic mass is 15.3. The number of aromatic nitrogens is 2. The van der Waals surface area contributed by atoms with Gasteiger partial charge in [0.15, 0.2) is 0 Å². The SMILES string of the molecule is CCCCCCCn1ccc(CNCC)n1. The van der Waals surface area contributed by atoms with E-state index in [1.807, 2.05) is 0 Å². The van der Waals surface area contributed by atoms with Gasteiger partial charge in [0.2, 0.25) is 0 Å². The van der Waals surface area contributed by atoms with Crippen LogP contribution in [0.4, 0.5) is 0 Å². The Balaban J connectivity index is 2.14. The minimum Gasteiger partial charge on any atom is -0.311 e. The van der Waals surface area contributed by atoms with Crippen molar-refractivity contribution in [1.82, 2.24) is 15.1 Å². The zero-order chi connectivity index (χ0) is 11.6. The van der Waals surface area contributed by atoms with Crippen LogP contribution in [0.5, 0.6) is 0 Å². The summed E-state index contributed by atoms with van der Waals surface area (Å²) in [4.78, 5) is 0. The van der Waals surface area contributed by atoms with Gasteiger partial charge >= 0.3 is 0 Å². The number of hydrogen-bond donors (Lipinski definition) is 1. The average Bonchev–Trinajstić information content (AvgIpc) is 2.74. The largest absolute Gasteiger partial charge is 0.311 e. The Morgan fingerprint density at radius 1 is 1.19 bits per heavy atom. The summed E-state index contributed by atoms with van der Waals surface area (Å²) >= 11 is 0. The quantitative estimate of drug-likeness (QED) is 0.652. The van der Waals surface area contributed by atoms with Gasteiger partial charge in [0.1, 0.15) is 0 Å². The topological polar surface area (TPSA) is 29.9 Å². The highest BCUT2D eigenvalue weighted by Gasteiger charge is 1.97. The Morgan fingerprint density at radius 2 is 2.00 bits per heavy atom. The highest BCUT2D eigenvalue weighted by molar-refractivity contribution is 4.98. The third-order valence-corrected chi connectivity index (χ3v) is 2.74. The molecule has 0 unspecified atom stereocenters. The molecule has 1 aromatic heterocycles. The number of rotatable bonds is 9. The van der Waals surface area contributed by atoms with Gasteiger partial charge in [-0.15, -0.1) is 0 Å². The third kappa shape index (κ3) is 5.31. The molecule has 3 heteroatoms. The second kappa shape index (κ2) is 8.34. The standard InChI is InChI=1S/C13H25N3/c1-3-5-6-7-8-10-16-11-9-13(15-16)12-14-4-2/h9,11,14H,3-8,10,12H2,1-2H3. The minimum absolute atomic E-state index is 0.888. The summed E-state index contributed by atoms with van der Waals surface area (Å²) in [6, 6.07) is 2.11. The minimum atomic E-state index is 0.888. The summed E-state index contributed by atoms with van der Waals surface area (Å²) < 4.78 is 2.07. The molecule has 1 heterocycles. The molecule has 0 aliphatic heterocycles. The first kappa shape index (κ1) is 13.2. The van der Waals surface area contributed by atoms with E-state index in [9.17, 15) is 0 Å². The van der Waals surface area contributed by atoms with E-state index in [2.05, 4.69) is 41.2 Å². The van der Waals surface area contributed by atoms with Gasteiger partial charge in [-0.1, -0.05) is 39.5 Å². The molecule has 0 saturated heterocycles. The van der Waals surface area contributed by atoms with Crippen molar-refractivity contribution < 1.29 is 0 Å². The second-order valence-electron chi connectivity index (χ2n) is 4.26. The maximum Gasteiger partial charge on any atom is 0.0762 e. The van der Waals surface area contributed by atoms with E-state index in [0.29, 0.717) is 0 Å². The lowest BCUT2D eigenvalue weighted by Gasteiger charge is -2.01. The van der Waals surface area contributed by atoms with Gasteiger partial charge in [0, 0.05) is 19.3 Å². The predicted octanol–water partition coefficient (Wildman–Crippen LogP) is 2.96. The van der Waals surface area contributed by atoms with Gasteiger partial charge in [-0.25, -0.2) is 0 Å². The maximum atomic E-state index is 4.52. The lowest BCUT2D eigenvalue weighted by atomic mass is 10.1. The normalized spacial score (nSPS) is 10.9. The smallest absolute Gasteiger partial charge is 0.0762 e. The summed E-state index contributed by atoms with van der Waals surface area (Å²) in [5, 5.41) is 7.81. The Labute approximate surface area is 99.2 Å². The fraction of sp³-hybridized carbons (Fsp3) is 0.769. The van der Waals surface area contributed by atoms with Gasteiger partial charge in [0.25, 0.3) is 0 Å². The summed E-state index contributed by atoms with van der Waals surface area (Å²) in [6.07, 6.45) is 8.71. The number of nitrogens with one attached hydrogen (secondary N) is 1. The van der Waals surface area contributed by atoms with E-state index in [1.54, 1.807) is 0 Å². The molecule has 0 aliphatic carbocycles. The lowest BCUT2D eigenvalue weighted by Crippen LogP contribution is -2.12. The summed E-state index contributed by atoms with van der Waals surface area (Å²) in [6.45, 7) is 7.32. The Morgan fingerprint density at radius 3 is 2.75 bits per heavy atom. The Bertz CT molecular complexity index is 268. The molecule has 1 rings (SSSR count). The zero-order valence-corrected chi connectivity index (χ0v) is 10.7. The highest BCUT2D eigenvalue weighted by Crippen LogP contribution is 2.04. The fourth-order valence-electron chi connectivity index (χ4n) is 1.75. The Kier molecular flexibility index (Phi) is 6.90. The van der Waals surface area contributed by atoms with Crippen LogP contribution in [0.3, 0.4) is 0 Å². The predicted molar refractivity (Wildman–Crippen MR) is 68.4 cm³/mol. The molecule has 92 valence electrons. The van der Waals surface area contributed by atoms with Crippen molar-refractivity contribution in [3.8, 4) is 0 Å². The van der Waals surface area contributed by atoms with Crippen LogP contribution >= 0.6 is 0 Å². The van der Waals surface area contributed by atoms with Gasteiger partial charge in [-0.3, -0.25) is 4.68 Å². The molecule has 0 amide bonds. The first-order chi connectivity index (χ1) is 7.86. The molecule has 0 spiro atoms. The van der Waals surface area contributed by atoms with E-state index in [4.69, 9.17) is 0 Å². The molecule has 0 fully saturated rings. The molecular formula is C13H25N3. The van der Waals surface area contributed by atoms with Gasteiger partial charge < -0.3 is 5.32 Å². The van der Waals surface area contributed by atoms with Crippen molar-refractivity contribution in [2.75, 3.05) is 6.54 Å². The van der Waals surface area contributed by atoms with Gasteiger partial charge in [0.05, 0.1) is 5.69 Å². The fourth-order valence-corrected chi connectivity index (χ4v) is 1.75. The van der Waals surface area contributed by atoms with Crippen molar-refractivity contribution in [2.45, 2.75) is 59.0 Å². The molecule has 3 nitrogen and oxygen atoms in total. The molecule has 1 N–H and O–H groups in total. The van der Waals surface area contributed by atoms with Crippen LogP contribution in [-0.2, 0) is 13.1 Å². The number of aryl methyl sites for hydroxylation is 1. The number of nitrogens with zero attached hydrogens (tertiary/aromatic N) is 2. The first-order valence-electron chi connectivity index (χ1n) is 6.59. The monoisotopic (exact) mass is 223 g/mol. The van der Waals surface area contributed by atoms with Crippen LogP contribution in [0, 0.1) is 0 Å². The molecule has 16 heavy (non-hydrogen) atoms. The summed E-state index contributed by atoms with van der Waals surface area (Å²) in [7, 11) is 0. The van der Waals surface area contributed by atoms with Crippen LogP contribution in [-0.4, -0.2) is 16.3 Å². The Hall–Kier alpha value is -0.830. The molecule has 0 aromatic carbocycles. The van der Waals surface area contributed by atoms with Crippen LogP contribution < -0.4 is 5.32 Å². The molecular weight excluding hydrogens is 198 g/mol. The van der Waals surface area contributed by atoms with E-state index < -0.39 is 0 Å². The van der Waals surface area contributed by atoms with Gasteiger partial charge in [-0.2, -0.15) is 5.10 Å². The van der Waals surface area contributed by atoms with Crippen molar-refractivity contribution in [2.24, 2.45) is 0 Å². The van der Waals surface area contributed by atoms with Crippen LogP contribution in [0.2, 0.25) is 0 Å². The van der Waals surface area contributed by atoms with Crippen LogP contribution in [0.25, 0.3) is 0 Å². The molecule has 0 saturated carbocycles. The third-order valence-electron chi connectivity index (χ3n) is 2.74. The average molecular weight is 223 g/mol. The molecule has 0 bridgehead atoms. The molecule has 0 atom stereocenters. The molecule has 1 aromatic rings. The van der Waals surface area contributed by atoms with Crippen molar-refractivity contribution in [1.29, 1.82) is 0 Å². The second-order valence-corrected chi connectivity index (χ2v) is 4.26. The number of hydrogen-bond acceptors (Lipinski definition) is 2. The summed E-state index contributed by atoms with van der Waals surface area (Å²) in [5.41, 5.74) is 1.15. The van der Waals surface area contributed by atoms with Gasteiger partial charge in [-0.05, 0) is 19.0 Å².